The molecule has 1 aromatic carbocycles. The molecule has 3 heteroatoms. The summed E-state index contributed by atoms with van der Waals surface area (Å²) in [5.74, 6) is 0. The maximum Gasteiger partial charge on any atom is 0.152 e. The molecule has 1 fully saturated rings. The fourth-order valence-electron chi connectivity index (χ4n) is 2.79. The Morgan fingerprint density at radius 1 is 1.44 bits per heavy atom. The van der Waals surface area contributed by atoms with Gasteiger partial charge in [0.25, 0.3) is 0 Å². The quantitative estimate of drug-likeness (QED) is 0.762. The van der Waals surface area contributed by atoms with Crippen LogP contribution >= 0.6 is 0 Å². The van der Waals surface area contributed by atoms with Crippen molar-refractivity contribution >= 4 is 12.0 Å². The molecular formula is C15H22N2O. The molecule has 0 bridgehead atoms. The molecule has 0 aromatic heterocycles. The highest BCUT2D eigenvalue weighted by Gasteiger charge is 2.26. The summed E-state index contributed by atoms with van der Waals surface area (Å²) in [6, 6.07) is 6.69. The lowest BCUT2D eigenvalue weighted by Crippen LogP contribution is -2.38. The number of nitrogens with zero attached hydrogens (tertiary/aromatic N) is 2. The molecular weight excluding hydrogens is 224 g/mol. The molecule has 0 spiro atoms. The highest BCUT2D eigenvalue weighted by atomic mass is 16.1. The third-order valence-corrected chi connectivity index (χ3v) is 3.57. The zero-order valence-electron chi connectivity index (χ0n) is 11.5. The normalized spacial score (nSPS) is 19.6. The van der Waals surface area contributed by atoms with Crippen LogP contribution in [-0.2, 0) is 0 Å². The van der Waals surface area contributed by atoms with E-state index in [-0.39, 0.29) is 0 Å². The molecule has 3 nitrogen and oxygen atoms in total. The molecule has 0 amide bonds. The van der Waals surface area contributed by atoms with E-state index in [0.717, 1.165) is 36.2 Å². The number of aryl methyl sites for hydroxylation is 1. The summed E-state index contributed by atoms with van der Waals surface area (Å²) in [6.45, 7) is 4.13. The maximum atomic E-state index is 11.2. The molecule has 1 aliphatic rings. The first-order valence-corrected chi connectivity index (χ1v) is 6.59. The zero-order valence-corrected chi connectivity index (χ0v) is 11.5. The maximum absolute atomic E-state index is 11.2. The van der Waals surface area contributed by atoms with Crippen molar-refractivity contribution in [3.8, 4) is 0 Å². The molecule has 1 aliphatic heterocycles. The van der Waals surface area contributed by atoms with Gasteiger partial charge in [-0.2, -0.15) is 0 Å². The smallest absolute Gasteiger partial charge is 0.152 e. The Balaban J connectivity index is 2.27. The van der Waals surface area contributed by atoms with Gasteiger partial charge in [0.15, 0.2) is 6.29 Å². The summed E-state index contributed by atoms with van der Waals surface area (Å²) in [4.78, 5) is 15.8. The van der Waals surface area contributed by atoms with Gasteiger partial charge in [0.2, 0.25) is 0 Å². The number of hydrogen-bond donors (Lipinski definition) is 0. The second kappa shape index (κ2) is 5.53. The van der Waals surface area contributed by atoms with Crippen molar-refractivity contribution in [1.82, 2.24) is 4.90 Å². The lowest BCUT2D eigenvalue weighted by Gasteiger charge is -2.30. The highest BCUT2D eigenvalue weighted by molar-refractivity contribution is 5.85. The first-order chi connectivity index (χ1) is 8.61. The summed E-state index contributed by atoms with van der Waals surface area (Å²) in [5.41, 5.74) is 3.06. The summed E-state index contributed by atoms with van der Waals surface area (Å²) in [7, 11) is 4.21. The van der Waals surface area contributed by atoms with Crippen LogP contribution in [0.25, 0.3) is 0 Å². The molecule has 0 saturated carbocycles. The number of hydrogen-bond acceptors (Lipinski definition) is 3. The van der Waals surface area contributed by atoms with Crippen molar-refractivity contribution in [3.05, 3.63) is 29.3 Å². The Morgan fingerprint density at radius 2 is 2.22 bits per heavy atom. The zero-order chi connectivity index (χ0) is 13.1. The second-order valence-corrected chi connectivity index (χ2v) is 5.43. The van der Waals surface area contributed by atoms with Crippen molar-refractivity contribution in [3.63, 3.8) is 0 Å². The number of rotatable bonds is 4. The molecule has 0 radical (unpaired) electrons. The molecule has 98 valence electrons. The highest BCUT2D eigenvalue weighted by Crippen LogP contribution is 2.28. The van der Waals surface area contributed by atoms with Crippen LogP contribution in [0.5, 0.6) is 0 Å². The molecule has 0 N–H and O–H groups in total. The van der Waals surface area contributed by atoms with E-state index in [1.54, 1.807) is 0 Å². The topological polar surface area (TPSA) is 23.6 Å². The molecule has 1 unspecified atom stereocenters. The van der Waals surface area contributed by atoms with Crippen molar-refractivity contribution in [2.24, 2.45) is 0 Å². The van der Waals surface area contributed by atoms with Gasteiger partial charge in [0, 0.05) is 30.4 Å². The van der Waals surface area contributed by atoms with Gasteiger partial charge < -0.3 is 9.80 Å². The van der Waals surface area contributed by atoms with E-state index < -0.39 is 0 Å². The van der Waals surface area contributed by atoms with Gasteiger partial charge in [-0.15, -0.1) is 0 Å². The number of anilines is 1. The van der Waals surface area contributed by atoms with Crippen LogP contribution in [0.1, 0.15) is 28.8 Å². The number of aldehydes is 1. The fourth-order valence-corrected chi connectivity index (χ4v) is 2.79. The van der Waals surface area contributed by atoms with Gasteiger partial charge in [-0.3, -0.25) is 4.79 Å². The Labute approximate surface area is 109 Å². The third kappa shape index (κ3) is 2.72. The Hall–Kier alpha value is -1.35. The van der Waals surface area contributed by atoms with Gasteiger partial charge in [-0.1, -0.05) is 11.6 Å². The van der Waals surface area contributed by atoms with E-state index in [9.17, 15) is 4.79 Å². The first-order valence-electron chi connectivity index (χ1n) is 6.59. The van der Waals surface area contributed by atoms with Gasteiger partial charge in [0.05, 0.1) is 0 Å². The summed E-state index contributed by atoms with van der Waals surface area (Å²) in [5, 5.41) is 0. The van der Waals surface area contributed by atoms with Gasteiger partial charge >= 0.3 is 0 Å². The Bertz CT molecular complexity index is 429. The number of carbonyl (C=O) groups is 1. The van der Waals surface area contributed by atoms with Crippen molar-refractivity contribution in [1.29, 1.82) is 0 Å². The number of carbonyl (C=O) groups excluding carboxylic acids is 1. The predicted octanol–water partition coefficient (Wildman–Crippen LogP) is 2.34. The average Bonchev–Trinajstić information content (AvgIpc) is 2.76. The SMILES string of the molecule is Cc1ccc(N2CCCC2CN(C)C)c(C=O)c1. The monoisotopic (exact) mass is 246 g/mol. The molecule has 2 rings (SSSR count). The van der Waals surface area contributed by atoms with Crippen LogP contribution in [0.4, 0.5) is 5.69 Å². The van der Waals surface area contributed by atoms with E-state index in [1.807, 2.05) is 13.0 Å². The largest absolute Gasteiger partial charge is 0.367 e. The van der Waals surface area contributed by atoms with Gasteiger partial charge in [-0.05, 0) is 46.0 Å². The van der Waals surface area contributed by atoms with E-state index in [1.165, 1.54) is 12.8 Å². The number of likely N-dealkylation sites (N-methyl/N-ethyl adjacent to an activating group) is 1. The molecule has 18 heavy (non-hydrogen) atoms. The lowest BCUT2D eigenvalue weighted by molar-refractivity contribution is 0.112. The van der Waals surface area contributed by atoms with E-state index >= 15 is 0 Å². The predicted molar refractivity (Wildman–Crippen MR) is 75.5 cm³/mol. The standard InChI is InChI=1S/C15H22N2O/c1-12-6-7-15(13(9-12)11-18)17-8-4-5-14(17)10-16(2)3/h6-7,9,11,14H,4-5,8,10H2,1-3H3. The molecule has 1 aromatic rings. The minimum atomic E-state index is 0.529. The summed E-state index contributed by atoms with van der Waals surface area (Å²) < 4.78 is 0. The lowest BCUT2D eigenvalue weighted by atomic mass is 10.1. The molecule has 0 aliphatic carbocycles. The fraction of sp³-hybridized carbons (Fsp3) is 0.533. The van der Waals surface area contributed by atoms with Crippen LogP contribution in [0.3, 0.4) is 0 Å². The van der Waals surface area contributed by atoms with Crippen LogP contribution in [0.15, 0.2) is 18.2 Å². The summed E-state index contributed by atoms with van der Waals surface area (Å²) in [6.07, 6.45) is 3.41. The molecule has 1 saturated heterocycles. The van der Waals surface area contributed by atoms with E-state index in [4.69, 9.17) is 0 Å². The second-order valence-electron chi connectivity index (χ2n) is 5.43. The molecule has 1 heterocycles. The van der Waals surface area contributed by atoms with Crippen molar-refractivity contribution < 1.29 is 4.79 Å². The molecule has 1 atom stereocenters. The van der Waals surface area contributed by atoms with Crippen molar-refractivity contribution in [2.45, 2.75) is 25.8 Å². The van der Waals surface area contributed by atoms with Crippen LogP contribution in [-0.4, -0.2) is 44.4 Å². The van der Waals surface area contributed by atoms with E-state index in [2.05, 4.69) is 36.0 Å². The minimum Gasteiger partial charge on any atom is -0.367 e. The third-order valence-electron chi connectivity index (χ3n) is 3.57. The number of benzene rings is 1. The van der Waals surface area contributed by atoms with Gasteiger partial charge in [0.1, 0.15) is 0 Å². The Morgan fingerprint density at radius 3 is 2.89 bits per heavy atom. The Kier molecular flexibility index (Phi) is 4.02. The van der Waals surface area contributed by atoms with E-state index in [0.29, 0.717) is 6.04 Å². The first kappa shape index (κ1) is 13.1. The van der Waals surface area contributed by atoms with Crippen LogP contribution in [0, 0.1) is 6.92 Å². The summed E-state index contributed by atoms with van der Waals surface area (Å²) >= 11 is 0. The average molecular weight is 246 g/mol. The van der Waals surface area contributed by atoms with Crippen molar-refractivity contribution in [2.75, 3.05) is 32.1 Å². The van der Waals surface area contributed by atoms with Gasteiger partial charge in [-0.25, -0.2) is 0 Å². The van der Waals surface area contributed by atoms with Crippen LogP contribution < -0.4 is 4.90 Å². The van der Waals surface area contributed by atoms with Crippen LogP contribution in [0.2, 0.25) is 0 Å². The minimum absolute atomic E-state index is 0.529.